The van der Waals surface area contributed by atoms with Crippen molar-refractivity contribution in [2.75, 3.05) is 22.7 Å². The van der Waals surface area contributed by atoms with Gasteiger partial charge in [-0.2, -0.15) is 4.31 Å². The zero-order chi connectivity index (χ0) is 28.2. The molecule has 0 saturated carbocycles. The molecule has 1 N–H and O–H groups in total. The SMILES string of the molecule is O=C(Nc1ccc(S(=O)(=O)N2CCCC2)cc1)c1ccccc1N(Cc1ccccc1)S(=O)(=O)c1ccccc1. The third-order valence-corrected chi connectivity index (χ3v) is 10.4. The average Bonchev–Trinajstić information content (AvgIpc) is 3.54. The van der Waals surface area contributed by atoms with Crippen LogP contribution in [-0.4, -0.2) is 40.1 Å². The molecule has 8 nitrogen and oxygen atoms in total. The molecule has 0 aliphatic carbocycles. The van der Waals surface area contributed by atoms with Crippen LogP contribution in [0.4, 0.5) is 11.4 Å². The van der Waals surface area contributed by atoms with E-state index in [0.717, 1.165) is 18.4 Å². The second-order valence-corrected chi connectivity index (χ2v) is 13.2. The van der Waals surface area contributed by atoms with Gasteiger partial charge in [-0.15, -0.1) is 0 Å². The van der Waals surface area contributed by atoms with E-state index in [2.05, 4.69) is 5.32 Å². The number of hydrogen-bond acceptors (Lipinski definition) is 5. The highest BCUT2D eigenvalue weighted by Crippen LogP contribution is 2.30. The maximum absolute atomic E-state index is 13.8. The molecule has 0 spiro atoms. The zero-order valence-electron chi connectivity index (χ0n) is 21.7. The van der Waals surface area contributed by atoms with Crippen molar-refractivity contribution in [3.05, 3.63) is 120 Å². The minimum Gasteiger partial charge on any atom is -0.322 e. The van der Waals surface area contributed by atoms with Crippen molar-refractivity contribution in [2.24, 2.45) is 0 Å². The predicted octanol–water partition coefficient (Wildman–Crippen LogP) is 5.12. The van der Waals surface area contributed by atoms with Crippen LogP contribution in [0.3, 0.4) is 0 Å². The van der Waals surface area contributed by atoms with Crippen LogP contribution in [0.1, 0.15) is 28.8 Å². The molecule has 4 aromatic carbocycles. The normalized spacial score (nSPS) is 14.1. The van der Waals surface area contributed by atoms with Crippen LogP contribution in [0.5, 0.6) is 0 Å². The first kappa shape index (κ1) is 27.6. The molecule has 0 bridgehead atoms. The summed E-state index contributed by atoms with van der Waals surface area (Å²) >= 11 is 0. The first-order valence-electron chi connectivity index (χ1n) is 12.9. The van der Waals surface area contributed by atoms with Crippen molar-refractivity contribution in [1.29, 1.82) is 0 Å². The number of benzene rings is 4. The second-order valence-electron chi connectivity index (χ2n) is 9.42. The number of carbonyl (C=O) groups is 1. The van der Waals surface area contributed by atoms with Gasteiger partial charge in [-0.1, -0.05) is 60.7 Å². The van der Waals surface area contributed by atoms with Crippen molar-refractivity contribution in [3.8, 4) is 0 Å². The quantitative estimate of drug-likeness (QED) is 0.298. The van der Waals surface area contributed by atoms with Crippen LogP contribution >= 0.6 is 0 Å². The molecule has 1 fully saturated rings. The standard InChI is InChI=1S/C30H29N3O5S2/c34-30(31-25-17-19-27(20-18-25)39(35,36)32-21-9-10-22-32)28-15-7-8-16-29(28)33(23-24-11-3-1-4-12-24)40(37,38)26-13-5-2-6-14-26/h1-8,11-20H,9-10,21-23H2,(H,31,34). The third-order valence-electron chi connectivity index (χ3n) is 6.73. The van der Waals surface area contributed by atoms with Gasteiger partial charge in [-0.3, -0.25) is 9.10 Å². The van der Waals surface area contributed by atoms with Crippen LogP contribution in [0.15, 0.2) is 119 Å². The fourth-order valence-corrected chi connectivity index (χ4v) is 7.65. The van der Waals surface area contributed by atoms with E-state index in [0.29, 0.717) is 18.8 Å². The molecule has 1 saturated heterocycles. The van der Waals surface area contributed by atoms with E-state index in [1.165, 1.54) is 45.0 Å². The van der Waals surface area contributed by atoms with E-state index in [1.54, 1.807) is 42.5 Å². The Morgan fingerprint density at radius 2 is 1.27 bits per heavy atom. The van der Waals surface area contributed by atoms with Gasteiger partial charge in [-0.25, -0.2) is 16.8 Å². The molecule has 0 aromatic heterocycles. The summed E-state index contributed by atoms with van der Waals surface area (Å²) in [6.45, 7) is 1.03. The lowest BCUT2D eigenvalue weighted by Crippen LogP contribution is -2.32. The molecule has 5 rings (SSSR count). The summed E-state index contributed by atoms with van der Waals surface area (Å²) in [6.07, 6.45) is 1.68. The molecule has 206 valence electrons. The summed E-state index contributed by atoms with van der Waals surface area (Å²) < 4.78 is 56.1. The molecule has 40 heavy (non-hydrogen) atoms. The lowest BCUT2D eigenvalue weighted by atomic mass is 10.1. The summed E-state index contributed by atoms with van der Waals surface area (Å²) in [5.41, 5.74) is 1.53. The number of rotatable bonds is 9. The Kier molecular flexibility index (Phi) is 8.02. The number of nitrogens with zero attached hydrogens (tertiary/aromatic N) is 2. The lowest BCUT2D eigenvalue weighted by molar-refractivity contribution is 0.102. The number of para-hydroxylation sites is 1. The minimum absolute atomic E-state index is 0.0193. The number of hydrogen-bond donors (Lipinski definition) is 1. The maximum atomic E-state index is 13.8. The van der Waals surface area contributed by atoms with Gasteiger partial charge in [0.25, 0.3) is 15.9 Å². The maximum Gasteiger partial charge on any atom is 0.264 e. The number of nitrogens with one attached hydrogen (secondary N) is 1. The van der Waals surface area contributed by atoms with E-state index in [9.17, 15) is 21.6 Å². The Hall–Kier alpha value is -3.99. The highest BCUT2D eigenvalue weighted by Gasteiger charge is 2.29. The first-order chi connectivity index (χ1) is 19.3. The van der Waals surface area contributed by atoms with Gasteiger partial charge in [0.05, 0.1) is 27.6 Å². The number of carbonyl (C=O) groups excluding carboxylic acids is 1. The molecule has 0 unspecified atom stereocenters. The first-order valence-corrected chi connectivity index (χ1v) is 15.8. The van der Waals surface area contributed by atoms with E-state index >= 15 is 0 Å². The van der Waals surface area contributed by atoms with Gasteiger partial charge >= 0.3 is 0 Å². The molecule has 10 heteroatoms. The Bertz CT molecular complexity index is 1690. The smallest absolute Gasteiger partial charge is 0.264 e. The second kappa shape index (κ2) is 11.6. The lowest BCUT2D eigenvalue weighted by Gasteiger charge is -2.26. The largest absolute Gasteiger partial charge is 0.322 e. The highest BCUT2D eigenvalue weighted by molar-refractivity contribution is 7.92. The molecular formula is C30H29N3O5S2. The highest BCUT2D eigenvalue weighted by atomic mass is 32.2. The van der Waals surface area contributed by atoms with Crippen molar-refractivity contribution in [1.82, 2.24) is 4.31 Å². The topological polar surface area (TPSA) is 104 Å². The van der Waals surface area contributed by atoms with E-state index in [4.69, 9.17) is 0 Å². The van der Waals surface area contributed by atoms with Crippen molar-refractivity contribution in [2.45, 2.75) is 29.2 Å². The van der Waals surface area contributed by atoms with Crippen molar-refractivity contribution in [3.63, 3.8) is 0 Å². The van der Waals surface area contributed by atoms with Gasteiger partial charge in [0.15, 0.2) is 0 Å². The summed E-state index contributed by atoms with van der Waals surface area (Å²) in [5.74, 6) is -0.521. The Labute approximate surface area is 235 Å². The minimum atomic E-state index is -4.03. The molecule has 1 aliphatic rings. The number of anilines is 2. The van der Waals surface area contributed by atoms with E-state index in [-0.39, 0.29) is 27.6 Å². The van der Waals surface area contributed by atoms with Crippen LogP contribution in [0.2, 0.25) is 0 Å². The molecule has 0 atom stereocenters. The van der Waals surface area contributed by atoms with Gasteiger partial charge in [-0.05, 0) is 66.9 Å². The summed E-state index contributed by atoms with van der Waals surface area (Å²) in [5, 5.41) is 2.79. The van der Waals surface area contributed by atoms with Gasteiger partial charge in [0.2, 0.25) is 10.0 Å². The fraction of sp³-hybridized carbons (Fsp3) is 0.167. The predicted molar refractivity (Wildman–Crippen MR) is 155 cm³/mol. The van der Waals surface area contributed by atoms with Crippen LogP contribution < -0.4 is 9.62 Å². The molecular weight excluding hydrogens is 546 g/mol. The van der Waals surface area contributed by atoms with E-state index < -0.39 is 26.0 Å². The van der Waals surface area contributed by atoms with Gasteiger partial charge < -0.3 is 5.32 Å². The molecule has 4 aromatic rings. The Balaban J connectivity index is 1.46. The number of sulfonamides is 2. The Morgan fingerprint density at radius 1 is 0.700 bits per heavy atom. The fourth-order valence-electron chi connectivity index (χ4n) is 4.64. The summed E-state index contributed by atoms with van der Waals surface area (Å²) in [6, 6.07) is 29.8. The van der Waals surface area contributed by atoms with Crippen LogP contribution in [0.25, 0.3) is 0 Å². The summed E-state index contributed by atoms with van der Waals surface area (Å²) in [4.78, 5) is 13.8. The average molecular weight is 576 g/mol. The molecule has 1 heterocycles. The summed E-state index contributed by atoms with van der Waals surface area (Å²) in [7, 11) is -7.61. The van der Waals surface area contributed by atoms with Gasteiger partial charge in [0, 0.05) is 18.8 Å². The van der Waals surface area contributed by atoms with Crippen LogP contribution in [0, 0.1) is 0 Å². The van der Waals surface area contributed by atoms with Crippen molar-refractivity contribution >= 4 is 37.3 Å². The Morgan fingerprint density at radius 3 is 1.93 bits per heavy atom. The van der Waals surface area contributed by atoms with E-state index in [1.807, 2.05) is 30.3 Å². The molecule has 1 amide bonds. The number of amides is 1. The zero-order valence-corrected chi connectivity index (χ0v) is 23.3. The van der Waals surface area contributed by atoms with Gasteiger partial charge in [0.1, 0.15) is 0 Å². The van der Waals surface area contributed by atoms with Crippen LogP contribution in [-0.2, 0) is 26.6 Å². The third kappa shape index (κ3) is 5.79. The molecule has 0 radical (unpaired) electrons. The molecule has 1 aliphatic heterocycles. The monoisotopic (exact) mass is 575 g/mol. The van der Waals surface area contributed by atoms with Crippen molar-refractivity contribution < 1.29 is 21.6 Å².